The van der Waals surface area contributed by atoms with Crippen LogP contribution in [0.25, 0.3) is 0 Å². The Kier molecular flexibility index (Phi) is 3.20. The maximum atomic E-state index is 9.97. The van der Waals surface area contributed by atoms with Crippen LogP contribution in [0.15, 0.2) is 24.3 Å². The van der Waals surface area contributed by atoms with Crippen molar-refractivity contribution < 1.29 is 5.11 Å². The maximum Gasteiger partial charge on any atom is 0.119 e. The Morgan fingerprint density at radius 3 is 2.62 bits per heavy atom. The van der Waals surface area contributed by atoms with E-state index in [4.69, 9.17) is 0 Å². The van der Waals surface area contributed by atoms with Crippen LogP contribution in [-0.2, 0) is 0 Å². The summed E-state index contributed by atoms with van der Waals surface area (Å²) in [5, 5.41) is 13.4. The average Bonchev–Trinajstić information content (AvgIpc) is 2.74. The summed E-state index contributed by atoms with van der Waals surface area (Å²) in [5.74, 6) is 0.895. The summed E-state index contributed by atoms with van der Waals surface area (Å²) in [4.78, 5) is 0. The molecule has 1 unspecified atom stereocenters. The number of para-hydroxylation sites is 1. The first-order chi connectivity index (χ1) is 7.73. The molecule has 1 saturated heterocycles. The van der Waals surface area contributed by atoms with E-state index in [1.165, 1.54) is 0 Å². The molecule has 1 fully saturated rings. The zero-order chi connectivity index (χ0) is 11.6. The van der Waals surface area contributed by atoms with Crippen molar-refractivity contribution in [3.05, 3.63) is 29.8 Å². The number of rotatable bonds is 3. The molecular formula is C14H21NO. The minimum Gasteiger partial charge on any atom is -0.508 e. The summed E-state index contributed by atoms with van der Waals surface area (Å²) in [6.45, 7) is 6.56. The van der Waals surface area contributed by atoms with Crippen LogP contribution in [0.1, 0.15) is 38.2 Å². The molecule has 0 spiro atoms. The third-order valence-corrected chi connectivity index (χ3v) is 4.29. The lowest BCUT2D eigenvalue weighted by Crippen LogP contribution is -2.27. The highest BCUT2D eigenvalue weighted by molar-refractivity contribution is 5.37. The predicted octanol–water partition coefficient (Wildman–Crippen LogP) is 2.89. The van der Waals surface area contributed by atoms with E-state index in [0.717, 1.165) is 31.5 Å². The van der Waals surface area contributed by atoms with Gasteiger partial charge in [-0.15, -0.1) is 0 Å². The van der Waals surface area contributed by atoms with Crippen LogP contribution in [0.4, 0.5) is 0 Å². The normalized spacial score (nSPS) is 23.5. The number of hydrogen-bond donors (Lipinski definition) is 2. The average molecular weight is 219 g/mol. The fourth-order valence-corrected chi connectivity index (χ4v) is 3.02. The number of phenolic OH excluding ortho intramolecular Hbond substituents is 1. The molecule has 88 valence electrons. The molecule has 1 heterocycles. The molecule has 1 aromatic rings. The van der Waals surface area contributed by atoms with Crippen molar-refractivity contribution in [1.29, 1.82) is 0 Å². The number of nitrogens with one attached hydrogen (secondary N) is 1. The Morgan fingerprint density at radius 1 is 1.31 bits per heavy atom. The highest BCUT2D eigenvalue weighted by Gasteiger charge is 2.41. The van der Waals surface area contributed by atoms with Gasteiger partial charge in [0.2, 0.25) is 0 Å². The molecule has 1 aliphatic heterocycles. The van der Waals surface area contributed by atoms with E-state index < -0.39 is 0 Å². The van der Waals surface area contributed by atoms with Crippen LogP contribution >= 0.6 is 0 Å². The molecule has 2 rings (SSSR count). The Hall–Kier alpha value is -1.02. The van der Waals surface area contributed by atoms with Gasteiger partial charge in [0.1, 0.15) is 5.75 Å². The van der Waals surface area contributed by atoms with Crippen molar-refractivity contribution in [3.8, 4) is 5.75 Å². The minimum atomic E-state index is 0.318. The van der Waals surface area contributed by atoms with Crippen molar-refractivity contribution in [2.75, 3.05) is 13.1 Å². The molecule has 0 bridgehead atoms. The quantitative estimate of drug-likeness (QED) is 0.819. The van der Waals surface area contributed by atoms with Crippen LogP contribution in [-0.4, -0.2) is 18.2 Å². The second-order valence-corrected chi connectivity index (χ2v) is 4.81. The van der Waals surface area contributed by atoms with Gasteiger partial charge >= 0.3 is 0 Å². The van der Waals surface area contributed by atoms with Gasteiger partial charge in [-0.3, -0.25) is 0 Å². The molecule has 1 aliphatic rings. The van der Waals surface area contributed by atoms with Gasteiger partial charge in [0.25, 0.3) is 0 Å². The van der Waals surface area contributed by atoms with E-state index in [2.05, 4.69) is 25.2 Å². The zero-order valence-electron chi connectivity index (χ0n) is 10.2. The molecule has 0 aliphatic carbocycles. The van der Waals surface area contributed by atoms with Gasteiger partial charge in [-0.25, -0.2) is 0 Å². The van der Waals surface area contributed by atoms with Crippen molar-refractivity contribution in [2.24, 2.45) is 5.41 Å². The molecule has 0 amide bonds. The molecule has 0 radical (unpaired) electrons. The fraction of sp³-hybridized carbons (Fsp3) is 0.571. The summed E-state index contributed by atoms with van der Waals surface area (Å²) in [5.41, 5.74) is 1.43. The van der Waals surface area contributed by atoms with Gasteiger partial charge in [0.15, 0.2) is 0 Å². The number of aromatic hydroxyl groups is 1. The van der Waals surface area contributed by atoms with Crippen LogP contribution in [0.2, 0.25) is 0 Å². The number of benzene rings is 1. The van der Waals surface area contributed by atoms with Crippen LogP contribution in [0.5, 0.6) is 5.75 Å². The smallest absolute Gasteiger partial charge is 0.119 e. The van der Waals surface area contributed by atoms with Crippen LogP contribution < -0.4 is 5.32 Å². The second-order valence-electron chi connectivity index (χ2n) is 4.81. The van der Waals surface area contributed by atoms with Gasteiger partial charge in [-0.05, 0) is 29.9 Å². The first-order valence-electron chi connectivity index (χ1n) is 6.22. The van der Waals surface area contributed by atoms with Crippen molar-refractivity contribution in [3.63, 3.8) is 0 Å². The summed E-state index contributed by atoms with van der Waals surface area (Å²) in [6, 6.07) is 7.76. The molecule has 1 atom stereocenters. The van der Waals surface area contributed by atoms with Crippen molar-refractivity contribution in [2.45, 2.75) is 32.6 Å². The lowest BCUT2D eigenvalue weighted by atomic mass is 9.70. The Labute approximate surface area is 97.7 Å². The van der Waals surface area contributed by atoms with Crippen molar-refractivity contribution >= 4 is 0 Å². The van der Waals surface area contributed by atoms with Crippen LogP contribution in [0.3, 0.4) is 0 Å². The third-order valence-electron chi connectivity index (χ3n) is 4.29. The van der Waals surface area contributed by atoms with Crippen LogP contribution in [0, 0.1) is 5.41 Å². The van der Waals surface area contributed by atoms with E-state index in [1.807, 2.05) is 12.1 Å². The van der Waals surface area contributed by atoms with Gasteiger partial charge in [-0.2, -0.15) is 0 Å². The first kappa shape index (κ1) is 11.5. The topological polar surface area (TPSA) is 32.3 Å². The molecule has 0 aromatic heterocycles. The molecule has 2 nitrogen and oxygen atoms in total. The SMILES string of the molecule is CCC1(CC)CNCC1c1ccccc1O. The van der Waals surface area contributed by atoms with E-state index in [-0.39, 0.29) is 0 Å². The second kappa shape index (κ2) is 4.46. The molecule has 1 aromatic carbocycles. The predicted molar refractivity (Wildman–Crippen MR) is 66.7 cm³/mol. The van der Waals surface area contributed by atoms with Gasteiger partial charge in [0.05, 0.1) is 0 Å². The molecule has 0 saturated carbocycles. The number of hydrogen-bond acceptors (Lipinski definition) is 2. The zero-order valence-corrected chi connectivity index (χ0v) is 10.2. The van der Waals surface area contributed by atoms with E-state index in [1.54, 1.807) is 6.07 Å². The summed E-state index contributed by atoms with van der Waals surface area (Å²) in [6.07, 6.45) is 2.32. The standard InChI is InChI=1S/C14H21NO/c1-3-14(4-2)10-15-9-12(14)11-7-5-6-8-13(11)16/h5-8,12,15-16H,3-4,9-10H2,1-2H3. The Morgan fingerprint density at radius 2 is 2.00 bits per heavy atom. The highest BCUT2D eigenvalue weighted by Crippen LogP contribution is 2.46. The minimum absolute atomic E-state index is 0.318. The van der Waals surface area contributed by atoms with Crippen molar-refractivity contribution in [1.82, 2.24) is 5.32 Å². The molecule has 2 N–H and O–H groups in total. The maximum absolute atomic E-state index is 9.97. The van der Waals surface area contributed by atoms with Gasteiger partial charge in [0, 0.05) is 19.0 Å². The van der Waals surface area contributed by atoms with E-state index >= 15 is 0 Å². The largest absolute Gasteiger partial charge is 0.508 e. The highest BCUT2D eigenvalue weighted by atomic mass is 16.3. The van der Waals surface area contributed by atoms with E-state index in [0.29, 0.717) is 17.1 Å². The first-order valence-corrected chi connectivity index (χ1v) is 6.22. The molecule has 16 heavy (non-hydrogen) atoms. The van der Waals surface area contributed by atoms with E-state index in [9.17, 15) is 5.11 Å². The summed E-state index contributed by atoms with van der Waals surface area (Å²) in [7, 11) is 0. The summed E-state index contributed by atoms with van der Waals surface area (Å²) < 4.78 is 0. The lowest BCUT2D eigenvalue weighted by Gasteiger charge is -2.33. The Balaban J connectivity index is 2.37. The molecular weight excluding hydrogens is 198 g/mol. The summed E-state index contributed by atoms with van der Waals surface area (Å²) >= 11 is 0. The molecule has 2 heteroatoms. The Bertz CT molecular complexity index is 358. The lowest BCUT2D eigenvalue weighted by molar-refractivity contribution is 0.256. The van der Waals surface area contributed by atoms with Gasteiger partial charge < -0.3 is 10.4 Å². The monoisotopic (exact) mass is 219 g/mol. The number of phenols is 1. The fourth-order valence-electron chi connectivity index (χ4n) is 3.02. The third kappa shape index (κ3) is 1.71. The van der Waals surface area contributed by atoms with Gasteiger partial charge in [-0.1, -0.05) is 32.0 Å².